The molecule has 0 spiro atoms. The summed E-state index contributed by atoms with van der Waals surface area (Å²) in [5, 5.41) is 3.64. The van der Waals surface area contributed by atoms with E-state index in [0.717, 1.165) is 0 Å². The van der Waals surface area contributed by atoms with Crippen molar-refractivity contribution in [1.82, 2.24) is 14.8 Å². The van der Waals surface area contributed by atoms with Crippen molar-refractivity contribution in [2.75, 3.05) is 7.11 Å². The van der Waals surface area contributed by atoms with Gasteiger partial charge < -0.3 is 4.74 Å². The van der Waals surface area contributed by atoms with Crippen LogP contribution in [0.5, 0.6) is 6.01 Å². The third-order valence-corrected chi connectivity index (χ3v) is 0.800. The van der Waals surface area contributed by atoms with Crippen molar-refractivity contribution in [3.8, 4) is 6.01 Å². The second-order valence-corrected chi connectivity index (χ2v) is 1.32. The first kappa shape index (κ1) is 5.08. The Labute approximate surface area is 47.1 Å². The maximum absolute atomic E-state index is 4.74. The van der Waals surface area contributed by atoms with E-state index in [-0.39, 0.29) is 0 Å². The lowest BCUT2D eigenvalue weighted by Gasteiger charge is -1.92. The highest BCUT2D eigenvalue weighted by Crippen LogP contribution is 1.96. The summed E-state index contributed by atoms with van der Waals surface area (Å²) in [6.07, 6.45) is 2.39. The van der Waals surface area contributed by atoms with Crippen molar-refractivity contribution in [1.29, 1.82) is 0 Å². The fraction of sp³-hybridized carbons (Fsp3) is 0.500. The van der Waals surface area contributed by atoms with Gasteiger partial charge in [-0.1, -0.05) is 0 Å². The Morgan fingerprint density at radius 3 is 2.75 bits per heavy atom. The Hall–Kier alpha value is -1.06. The van der Waals surface area contributed by atoms with Crippen molar-refractivity contribution in [3.63, 3.8) is 0 Å². The van der Waals surface area contributed by atoms with E-state index in [0.29, 0.717) is 6.01 Å². The van der Waals surface area contributed by atoms with E-state index in [9.17, 15) is 0 Å². The highest BCUT2D eigenvalue weighted by Gasteiger charge is 1.94. The van der Waals surface area contributed by atoms with E-state index < -0.39 is 0 Å². The van der Waals surface area contributed by atoms with Crippen LogP contribution >= 0.6 is 0 Å². The van der Waals surface area contributed by atoms with Crippen molar-refractivity contribution in [3.05, 3.63) is 6.33 Å². The zero-order chi connectivity index (χ0) is 5.98. The number of hydrogen-bond donors (Lipinski definition) is 0. The fourth-order valence-corrected chi connectivity index (χ4v) is 0.425. The molecule has 1 aromatic rings. The van der Waals surface area contributed by atoms with E-state index in [1.54, 1.807) is 7.05 Å². The molecule has 0 amide bonds. The van der Waals surface area contributed by atoms with E-state index >= 15 is 0 Å². The van der Waals surface area contributed by atoms with Crippen LogP contribution in [0.1, 0.15) is 0 Å². The predicted molar refractivity (Wildman–Crippen MR) is 26.4 cm³/mol. The lowest BCUT2D eigenvalue weighted by Crippen LogP contribution is -1.94. The van der Waals surface area contributed by atoms with Crippen molar-refractivity contribution in [2.24, 2.45) is 7.05 Å². The van der Waals surface area contributed by atoms with Crippen molar-refractivity contribution < 1.29 is 4.74 Å². The van der Waals surface area contributed by atoms with Crippen molar-refractivity contribution >= 4 is 0 Å². The normalized spacial score (nSPS) is 9.25. The third-order valence-electron chi connectivity index (χ3n) is 0.800. The number of nitrogens with zero attached hydrogens (tertiary/aromatic N) is 3. The van der Waals surface area contributed by atoms with Crippen LogP contribution in [0, 0.1) is 6.33 Å². The summed E-state index contributed by atoms with van der Waals surface area (Å²) in [6, 6.07) is 0.477. The quantitative estimate of drug-likeness (QED) is 0.497. The van der Waals surface area contributed by atoms with Gasteiger partial charge in [-0.25, -0.2) is 4.68 Å². The second-order valence-electron chi connectivity index (χ2n) is 1.32. The lowest BCUT2D eigenvalue weighted by molar-refractivity contribution is 0.359. The van der Waals surface area contributed by atoms with Gasteiger partial charge in [-0.3, -0.25) is 0 Å². The van der Waals surface area contributed by atoms with Crippen LogP contribution in [-0.2, 0) is 7.05 Å². The van der Waals surface area contributed by atoms with Gasteiger partial charge in [-0.05, 0) is 0 Å². The Morgan fingerprint density at radius 1 is 1.75 bits per heavy atom. The summed E-state index contributed by atoms with van der Waals surface area (Å²) in [5.41, 5.74) is 0. The van der Waals surface area contributed by atoms with E-state index in [4.69, 9.17) is 4.74 Å². The molecule has 8 heavy (non-hydrogen) atoms. The minimum atomic E-state index is 0.477. The summed E-state index contributed by atoms with van der Waals surface area (Å²) >= 11 is 0. The van der Waals surface area contributed by atoms with Gasteiger partial charge in [0.2, 0.25) is 6.33 Å². The summed E-state index contributed by atoms with van der Waals surface area (Å²) in [7, 11) is 3.28. The molecular formula is C4H6N3O. The molecule has 4 heteroatoms. The predicted octanol–water partition coefficient (Wildman–Crippen LogP) is -0.376. The summed E-state index contributed by atoms with van der Waals surface area (Å²) in [4.78, 5) is 3.64. The molecule has 0 aliphatic heterocycles. The topological polar surface area (TPSA) is 39.9 Å². The fourth-order valence-electron chi connectivity index (χ4n) is 0.425. The van der Waals surface area contributed by atoms with Gasteiger partial charge in [-0.2, -0.15) is 4.98 Å². The molecule has 1 radical (unpaired) electrons. The number of aryl methyl sites for hydroxylation is 1. The van der Waals surface area contributed by atoms with Gasteiger partial charge >= 0.3 is 6.01 Å². The van der Waals surface area contributed by atoms with Crippen molar-refractivity contribution in [2.45, 2.75) is 0 Å². The first-order chi connectivity index (χ1) is 3.84. The smallest absolute Gasteiger partial charge is 0.314 e. The van der Waals surface area contributed by atoms with E-state index in [1.165, 1.54) is 11.8 Å². The van der Waals surface area contributed by atoms with Crippen LogP contribution in [0.15, 0.2) is 0 Å². The molecule has 1 aromatic heterocycles. The summed E-state index contributed by atoms with van der Waals surface area (Å²) < 4.78 is 6.24. The van der Waals surface area contributed by atoms with Gasteiger partial charge in [0.25, 0.3) is 0 Å². The molecule has 43 valence electrons. The maximum atomic E-state index is 4.74. The molecule has 0 aliphatic rings. The van der Waals surface area contributed by atoms with Gasteiger partial charge in [0.15, 0.2) is 0 Å². The largest absolute Gasteiger partial charge is 0.467 e. The summed E-state index contributed by atoms with van der Waals surface area (Å²) in [6.45, 7) is 0. The third kappa shape index (κ3) is 0.641. The van der Waals surface area contributed by atoms with Crippen LogP contribution in [-0.4, -0.2) is 21.9 Å². The van der Waals surface area contributed by atoms with Crippen LogP contribution in [0.2, 0.25) is 0 Å². The molecule has 0 aliphatic carbocycles. The maximum Gasteiger partial charge on any atom is 0.314 e. The number of aromatic nitrogens is 3. The minimum absolute atomic E-state index is 0.477. The van der Waals surface area contributed by atoms with Gasteiger partial charge in [0.1, 0.15) is 0 Å². The number of rotatable bonds is 1. The molecule has 0 saturated heterocycles. The Balaban J connectivity index is 2.92. The molecule has 0 bridgehead atoms. The molecule has 1 rings (SSSR count). The highest BCUT2D eigenvalue weighted by molar-refractivity contribution is 4.87. The Morgan fingerprint density at radius 2 is 2.50 bits per heavy atom. The summed E-state index contributed by atoms with van der Waals surface area (Å²) in [5.74, 6) is 0. The first-order valence-electron chi connectivity index (χ1n) is 2.15. The van der Waals surface area contributed by atoms with E-state index in [1.807, 2.05) is 0 Å². The van der Waals surface area contributed by atoms with Gasteiger partial charge in [0.05, 0.1) is 7.11 Å². The van der Waals surface area contributed by atoms with Gasteiger partial charge in [0, 0.05) is 7.05 Å². The number of methoxy groups -OCH3 is 1. The highest BCUT2D eigenvalue weighted by atomic mass is 16.5. The molecule has 0 atom stereocenters. The standard InChI is InChI=1S/C4H6N3O/c1-7-4(8-2)5-3-6-7/h1-2H3. The molecule has 0 fully saturated rings. The van der Waals surface area contributed by atoms with E-state index in [2.05, 4.69) is 16.4 Å². The van der Waals surface area contributed by atoms with Crippen LogP contribution < -0.4 is 4.74 Å². The minimum Gasteiger partial charge on any atom is -0.467 e. The van der Waals surface area contributed by atoms with Crippen LogP contribution in [0.25, 0.3) is 0 Å². The average molecular weight is 112 g/mol. The van der Waals surface area contributed by atoms with Gasteiger partial charge in [-0.15, -0.1) is 5.10 Å². The average Bonchev–Trinajstić information content (AvgIpc) is 2.14. The molecule has 4 nitrogen and oxygen atoms in total. The molecule has 0 saturated carbocycles. The number of hydrogen-bond acceptors (Lipinski definition) is 3. The molecule has 0 N–H and O–H groups in total. The Bertz CT molecular complexity index is 172. The molecular weight excluding hydrogens is 106 g/mol. The molecule has 1 heterocycles. The van der Waals surface area contributed by atoms with Crippen LogP contribution in [0.3, 0.4) is 0 Å². The zero-order valence-corrected chi connectivity index (χ0v) is 4.75. The SMILES string of the molecule is COc1n[c]nn1C. The first-order valence-corrected chi connectivity index (χ1v) is 2.15. The lowest BCUT2D eigenvalue weighted by atomic mass is 11.1. The molecule has 0 unspecified atom stereocenters. The van der Waals surface area contributed by atoms with Crippen LogP contribution in [0.4, 0.5) is 0 Å². The zero-order valence-electron chi connectivity index (χ0n) is 4.75. The molecule has 0 aromatic carbocycles. The monoisotopic (exact) mass is 112 g/mol. The second kappa shape index (κ2) is 1.81. The Kier molecular flexibility index (Phi) is 1.15. The number of ether oxygens (including phenoxy) is 1.